The maximum Gasteiger partial charge on any atom is 0.347 e. The molecule has 1 aromatic rings. The molecule has 0 amide bonds. The lowest BCUT2D eigenvalue weighted by molar-refractivity contribution is -0.419. The van der Waals surface area contributed by atoms with Crippen molar-refractivity contribution in [3.63, 3.8) is 0 Å². The summed E-state index contributed by atoms with van der Waals surface area (Å²) in [6, 6.07) is 1.52. The molecule has 5 aliphatic rings. The van der Waals surface area contributed by atoms with Gasteiger partial charge in [-0.05, 0) is 12.5 Å². The molecule has 1 aliphatic heterocycles. The molecule has 0 radical (unpaired) electrons. The van der Waals surface area contributed by atoms with E-state index < -0.39 is 124 Å². The second-order valence-electron chi connectivity index (χ2n) is 14.9. The highest BCUT2D eigenvalue weighted by atomic mass is 16.6. The number of esters is 5. The third kappa shape index (κ3) is 3.86. The number of furan rings is 1. The summed E-state index contributed by atoms with van der Waals surface area (Å²) in [4.78, 5) is 64.9. The molecule has 4 saturated carbocycles. The van der Waals surface area contributed by atoms with Crippen LogP contribution in [0.1, 0.15) is 72.5 Å². The van der Waals surface area contributed by atoms with Gasteiger partial charge in [0, 0.05) is 60.8 Å². The van der Waals surface area contributed by atoms with E-state index in [4.69, 9.17) is 28.1 Å². The van der Waals surface area contributed by atoms with Crippen LogP contribution in [-0.4, -0.2) is 98.6 Å². The van der Waals surface area contributed by atoms with Crippen molar-refractivity contribution in [3.8, 4) is 0 Å². The molecule has 0 aromatic carbocycles. The number of methoxy groups -OCH3 is 1. The maximum atomic E-state index is 13.5. The highest BCUT2D eigenvalue weighted by molar-refractivity contribution is 5.80. The number of rotatable bonds is 6. The normalized spacial score (nSPS) is 47.6. The van der Waals surface area contributed by atoms with Crippen LogP contribution in [0.25, 0.3) is 0 Å². The third-order valence-corrected chi connectivity index (χ3v) is 12.8. The molecule has 2 heterocycles. The molecule has 4 N–H and O–H groups in total. The minimum absolute atomic E-state index is 0.285. The van der Waals surface area contributed by atoms with E-state index in [-0.39, 0.29) is 6.42 Å². The summed E-state index contributed by atoms with van der Waals surface area (Å²) < 4.78 is 33.3. The van der Waals surface area contributed by atoms with Gasteiger partial charge in [0.25, 0.3) is 0 Å². The Bertz CT molecular complexity index is 1560. The lowest BCUT2D eigenvalue weighted by Gasteiger charge is -2.75. The van der Waals surface area contributed by atoms with Gasteiger partial charge in [-0.25, -0.2) is 4.79 Å². The van der Waals surface area contributed by atoms with E-state index in [1.165, 1.54) is 25.5 Å². The molecule has 0 spiro atoms. The van der Waals surface area contributed by atoms with Crippen LogP contribution in [0.5, 0.6) is 0 Å². The molecule has 48 heavy (non-hydrogen) atoms. The average molecular weight is 679 g/mol. The molecule has 4 aliphatic carbocycles. The van der Waals surface area contributed by atoms with Crippen molar-refractivity contribution in [3.05, 3.63) is 24.2 Å². The van der Waals surface area contributed by atoms with Crippen LogP contribution in [-0.2, 0) is 47.7 Å². The van der Waals surface area contributed by atoms with Crippen LogP contribution >= 0.6 is 0 Å². The number of aliphatic hydroxyl groups excluding tert-OH is 1. The van der Waals surface area contributed by atoms with Gasteiger partial charge >= 0.3 is 29.8 Å². The monoisotopic (exact) mass is 678 g/mol. The molecular weight excluding hydrogens is 636 g/mol. The van der Waals surface area contributed by atoms with Gasteiger partial charge in [0.05, 0.1) is 43.7 Å². The first-order chi connectivity index (χ1) is 22.2. The predicted molar refractivity (Wildman–Crippen MR) is 156 cm³/mol. The van der Waals surface area contributed by atoms with E-state index in [0.29, 0.717) is 5.56 Å². The van der Waals surface area contributed by atoms with Gasteiger partial charge in [-0.15, -0.1) is 0 Å². The van der Waals surface area contributed by atoms with E-state index in [1.54, 1.807) is 13.8 Å². The highest BCUT2D eigenvalue weighted by Crippen LogP contribution is 2.82. The van der Waals surface area contributed by atoms with E-state index in [2.05, 4.69) is 0 Å². The number of carbonyl (C=O) groups is 5. The quantitative estimate of drug-likeness (QED) is 0.237. The zero-order valence-electron chi connectivity index (χ0n) is 27.8. The Hall–Kier alpha value is -3.53. The van der Waals surface area contributed by atoms with Crippen LogP contribution < -0.4 is 0 Å². The number of fused-ring (bicyclic) bond motifs is 5. The number of carbonyl (C=O) groups excluding carboxylic acids is 5. The van der Waals surface area contributed by atoms with Crippen LogP contribution in [0.2, 0.25) is 0 Å². The van der Waals surface area contributed by atoms with Gasteiger partial charge in [0.1, 0.15) is 29.5 Å². The molecule has 14 atom stereocenters. The van der Waals surface area contributed by atoms with Gasteiger partial charge < -0.3 is 48.5 Å². The van der Waals surface area contributed by atoms with E-state index in [0.717, 1.165) is 27.9 Å². The van der Waals surface area contributed by atoms with Crippen molar-refractivity contribution in [1.29, 1.82) is 0 Å². The molecule has 0 unspecified atom stereocenters. The smallest absolute Gasteiger partial charge is 0.347 e. The molecular formula is C33H42O15. The molecule has 1 aromatic heterocycles. The standard InChI is InChI=1S/C33H42O15/c1-14(34)45-22(27(39)43-7)23-28(4)13-31(40)21(25(28)46-15(2)35)26(47-16(3)36)33(42)18-10-20(38)48-24(17-8-9-44-12-17)29(18,5)19(37)11-32(33,41)30(23,31)6/h8-9,12,18-19,21-26,37,40-42H,10-11,13H2,1-7H3/t18-,19+,21+,22-,23+,24+,25-,26-,28+,29+,30-,31-,32+,33-/m1/s1. The number of cyclic esters (lactones) is 1. The molecule has 5 fully saturated rings. The fourth-order valence-electron chi connectivity index (χ4n) is 11.2. The number of hydrogen-bond acceptors (Lipinski definition) is 15. The Kier molecular flexibility index (Phi) is 7.50. The van der Waals surface area contributed by atoms with Gasteiger partial charge in [0.15, 0.2) is 0 Å². The molecule has 2 bridgehead atoms. The molecule has 264 valence electrons. The first kappa shape index (κ1) is 34.3. The first-order valence-corrected chi connectivity index (χ1v) is 15.9. The number of hydrogen-bond donors (Lipinski definition) is 4. The van der Waals surface area contributed by atoms with Gasteiger partial charge in [0.2, 0.25) is 6.10 Å². The van der Waals surface area contributed by atoms with Gasteiger partial charge in [-0.2, -0.15) is 0 Å². The lowest BCUT2D eigenvalue weighted by Crippen LogP contribution is -2.90. The van der Waals surface area contributed by atoms with Crippen molar-refractivity contribution >= 4 is 29.8 Å². The summed E-state index contributed by atoms with van der Waals surface area (Å²) in [5.41, 5.74) is -12.4. The van der Waals surface area contributed by atoms with E-state index in [9.17, 15) is 44.4 Å². The van der Waals surface area contributed by atoms with Crippen LogP contribution in [0.15, 0.2) is 23.0 Å². The van der Waals surface area contributed by atoms with Crippen molar-refractivity contribution in [2.24, 2.45) is 34.0 Å². The molecule has 1 saturated heterocycles. The Morgan fingerprint density at radius 3 is 2.15 bits per heavy atom. The second-order valence-corrected chi connectivity index (χ2v) is 14.9. The van der Waals surface area contributed by atoms with Crippen LogP contribution in [0, 0.1) is 34.0 Å². The summed E-state index contributed by atoms with van der Waals surface area (Å²) in [6.45, 7) is 7.78. The topological polar surface area (TPSA) is 226 Å². The summed E-state index contributed by atoms with van der Waals surface area (Å²) in [5.74, 6) is -8.81. The van der Waals surface area contributed by atoms with E-state index >= 15 is 0 Å². The summed E-state index contributed by atoms with van der Waals surface area (Å²) in [6.07, 6.45) is -6.70. The number of ether oxygens (including phenoxy) is 5. The Morgan fingerprint density at radius 2 is 1.60 bits per heavy atom. The average Bonchev–Trinajstić information content (AvgIpc) is 3.64. The SMILES string of the molecule is COC(=O)[C@H](OC(C)=O)[C@H]1[C@]2(C)C[C@@]3(O)[C@@H]([C@H]2OC(C)=O)[C@@H](OC(C)=O)[C@]2(O)[C@@H]4CC(=O)O[C@@H](c5ccoc5)[C@]4(C)[C@@H](O)C[C@]2(O)[C@]13C. The van der Waals surface area contributed by atoms with E-state index in [1.807, 2.05) is 0 Å². The van der Waals surface area contributed by atoms with Crippen LogP contribution in [0.4, 0.5) is 0 Å². The molecule has 15 heteroatoms. The van der Waals surface area contributed by atoms with Crippen molar-refractivity contribution in [2.45, 2.75) is 108 Å². The minimum Gasteiger partial charge on any atom is -0.472 e. The fraction of sp³-hybridized carbons (Fsp3) is 0.727. The number of aliphatic hydroxyl groups is 4. The zero-order valence-corrected chi connectivity index (χ0v) is 27.8. The Morgan fingerprint density at radius 1 is 0.979 bits per heavy atom. The fourth-order valence-corrected chi connectivity index (χ4v) is 11.2. The molecule has 15 nitrogen and oxygen atoms in total. The summed E-state index contributed by atoms with van der Waals surface area (Å²) >= 11 is 0. The molecule has 6 rings (SSSR count). The third-order valence-electron chi connectivity index (χ3n) is 12.8. The first-order valence-electron chi connectivity index (χ1n) is 15.9. The minimum atomic E-state index is -2.70. The van der Waals surface area contributed by atoms with Crippen molar-refractivity contribution < 1.29 is 72.5 Å². The van der Waals surface area contributed by atoms with Crippen LogP contribution in [0.3, 0.4) is 0 Å². The zero-order chi connectivity index (χ0) is 35.6. The largest absolute Gasteiger partial charge is 0.472 e. The lowest BCUT2D eigenvalue weighted by atomic mass is 9.34. The summed E-state index contributed by atoms with van der Waals surface area (Å²) in [7, 11) is 1.06. The van der Waals surface area contributed by atoms with Gasteiger partial charge in [-0.1, -0.05) is 20.8 Å². The second kappa shape index (κ2) is 10.5. The Balaban J connectivity index is 1.69. The van der Waals surface area contributed by atoms with Crippen molar-refractivity contribution in [1.82, 2.24) is 0 Å². The Labute approximate surface area is 275 Å². The highest BCUT2D eigenvalue weighted by Gasteiger charge is 2.94. The summed E-state index contributed by atoms with van der Waals surface area (Å²) in [5, 5.41) is 52.0. The predicted octanol–water partition coefficient (Wildman–Crippen LogP) is 0.492. The van der Waals surface area contributed by atoms with Gasteiger partial charge in [-0.3, -0.25) is 19.2 Å². The maximum absolute atomic E-state index is 13.5. The van der Waals surface area contributed by atoms with Crippen molar-refractivity contribution in [2.75, 3.05) is 7.11 Å².